The zero-order valence-electron chi connectivity index (χ0n) is 15.6. The molecule has 0 nitrogen and oxygen atoms in total. The van der Waals surface area contributed by atoms with E-state index >= 15 is 0 Å². The Morgan fingerprint density at radius 1 is 0.846 bits per heavy atom. The molecule has 0 fully saturated rings. The van der Waals surface area contributed by atoms with Crippen LogP contribution in [0.15, 0.2) is 66.7 Å². The maximum Gasteiger partial charge on any atom is 4.00 e. The molecular weight excluding hydrogens is 414 g/mol. The van der Waals surface area contributed by atoms with Crippen LogP contribution in [0.5, 0.6) is 0 Å². The minimum atomic E-state index is 0. The summed E-state index contributed by atoms with van der Waals surface area (Å²) in [6, 6.07) is 24.0. The molecule has 0 saturated heterocycles. The van der Waals surface area contributed by atoms with E-state index in [2.05, 4.69) is 93.9 Å². The van der Waals surface area contributed by atoms with Crippen LogP contribution in [0.25, 0.3) is 21.5 Å². The van der Waals surface area contributed by atoms with Gasteiger partial charge in [0, 0.05) is 0 Å². The van der Waals surface area contributed by atoms with E-state index in [1.54, 1.807) is 0 Å². The van der Waals surface area contributed by atoms with Gasteiger partial charge in [-0.05, 0) is 20.3 Å². The monoisotopic (exact) mass is 436 g/mol. The zero-order chi connectivity index (χ0) is 16.4. The van der Waals surface area contributed by atoms with Crippen LogP contribution >= 0.6 is 7.92 Å². The smallest absolute Gasteiger partial charge is 1.00 e. The van der Waals surface area contributed by atoms with Gasteiger partial charge < -0.3 is 24.8 Å². The van der Waals surface area contributed by atoms with Gasteiger partial charge in [-0.1, -0.05) is 24.6 Å². The predicted molar refractivity (Wildman–Crippen MR) is 107 cm³/mol. The Balaban J connectivity index is 0.000000432. The summed E-state index contributed by atoms with van der Waals surface area (Å²) >= 11 is 0. The molecule has 26 heavy (non-hydrogen) atoms. The molecule has 0 spiro atoms. The third-order valence-electron chi connectivity index (χ3n) is 4.37. The Labute approximate surface area is 185 Å². The van der Waals surface area contributed by atoms with Crippen LogP contribution in [0, 0.1) is 13.8 Å². The Kier molecular flexibility index (Phi) is 11.0. The Morgan fingerprint density at radius 2 is 1.50 bits per heavy atom. The molecule has 4 aromatic carbocycles. The maximum absolute atomic E-state index is 2.31. The molecule has 0 N–H and O–H groups in total. The van der Waals surface area contributed by atoms with Crippen LogP contribution in [0.4, 0.5) is 0 Å². The zero-order valence-corrected chi connectivity index (χ0v) is 19.5. The van der Waals surface area contributed by atoms with Gasteiger partial charge in [0.2, 0.25) is 0 Å². The molecule has 0 aliphatic rings. The molecule has 0 bridgehead atoms. The van der Waals surface area contributed by atoms with Gasteiger partial charge in [-0.15, -0.1) is 76.7 Å². The van der Waals surface area contributed by atoms with Crippen molar-refractivity contribution in [2.75, 3.05) is 13.3 Å². The first kappa shape index (κ1) is 25.4. The topological polar surface area (TPSA) is 0 Å². The van der Waals surface area contributed by atoms with Crippen molar-refractivity contribution in [1.82, 2.24) is 0 Å². The minimum absolute atomic E-state index is 0. The molecule has 0 atom stereocenters. The van der Waals surface area contributed by atoms with E-state index in [1.807, 2.05) is 0 Å². The van der Waals surface area contributed by atoms with E-state index in [0.29, 0.717) is 0 Å². The first-order valence-electron chi connectivity index (χ1n) is 8.00. The molecule has 4 rings (SSSR count). The van der Waals surface area contributed by atoms with Crippen molar-refractivity contribution < 1.29 is 46.5 Å². The molecule has 134 valence electrons. The van der Waals surface area contributed by atoms with E-state index in [1.165, 1.54) is 38.0 Å². The van der Waals surface area contributed by atoms with Crippen molar-refractivity contribution in [3.8, 4) is 0 Å². The number of fused-ring (bicyclic) bond motifs is 2. The summed E-state index contributed by atoms with van der Waals surface area (Å²) in [4.78, 5) is 0. The average Bonchev–Trinajstić information content (AvgIpc) is 3.18. The molecule has 0 aliphatic carbocycles. The molecule has 0 amide bonds. The summed E-state index contributed by atoms with van der Waals surface area (Å²) in [6.45, 7) is 8.90. The molecule has 4 heteroatoms. The maximum atomic E-state index is 2.31. The molecule has 4 aromatic rings. The number of hydrogen-bond donors (Lipinski definition) is 0. The van der Waals surface area contributed by atoms with Gasteiger partial charge in [-0.3, -0.25) is 0 Å². The molecule has 0 aromatic heterocycles. The van der Waals surface area contributed by atoms with Gasteiger partial charge in [0.1, 0.15) is 0 Å². The van der Waals surface area contributed by atoms with E-state index in [0.717, 1.165) is 0 Å². The van der Waals surface area contributed by atoms with Gasteiger partial charge in [0.25, 0.3) is 0 Å². The molecular formula is C22H23Cl2PTi. The van der Waals surface area contributed by atoms with Crippen molar-refractivity contribution in [3.63, 3.8) is 0 Å². The van der Waals surface area contributed by atoms with Crippen LogP contribution in [-0.2, 0) is 21.7 Å². The van der Waals surface area contributed by atoms with Crippen LogP contribution in [0.3, 0.4) is 0 Å². The van der Waals surface area contributed by atoms with Crippen LogP contribution in [0.1, 0.15) is 11.1 Å². The van der Waals surface area contributed by atoms with Crippen molar-refractivity contribution >= 4 is 34.8 Å². The fourth-order valence-electron chi connectivity index (χ4n) is 2.93. The summed E-state index contributed by atoms with van der Waals surface area (Å²) in [7, 11) is 0.0576. The van der Waals surface area contributed by atoms with Crippen molar-refractivity contribution in [2.24, 2.45) is 0 Å². The van der Waals surface area contributed by atoms with Gasteiger partial charge in [0.15, 0.2) is 0 Å². The Morgan fingerprint density at radius 3 is 2.12 bits per heavy atom. The van der Waals surface area contributed by atoms with Crippen molar-refractivity contribution in [2.45, 2.75) is 13.8 Å². The van der Waals surface area contributed by atoms with Crippen molar-refractivity contribution in [1.29, 1.82) is 0 Å². The van der Waals surface area contributed by atoms with E-state index < -0.39 is 0 Å². The summed E-state index contributed by atoms with van der Waals surface area (Å²) in [5, 5.41) is 7.05. The first-order chi connectivity index (χ1) is 11.1. The second-order valence-corrected chi connectivity index (χ2v) is 8.59. The molecule has 0 unspecified atom stereocenters. The average molecular weight is 437 g/mol. The van der Waals surface area contributed by atoms with Crippen LogP contribution in [0.2, 0.25) is 0 Å². The van der Waals surface area contributed by atoms with Crippen LogP contribution in [-0.4, -0.2) is 13.3 Å². The predicted octanol–water partition coefficient (Wildman–Crippen LogP) is 0.107. The van der Waals surface area contributed by atoms with Gasteiger partial charge in [0.05, 0.1) is 0 Å². The number of benzene rings is 2. The molecule has 0 heterocycles. The molecule has 0 radical (unpaired) electrons. The summed E-state index contributed by atoms with van der Waals surface area (Å²) in [5.74, 6) is 0. The largest absolute Gasteiger partial charge is 4.00 e. The standard InChI is InChI=1S/C11H12P.C11H11.2ClH.Ti/c1-12(2)11-7-9-5-3-4-6-10(9)8-11;1-8-6-7-9(2)11-5-3-4-10(8)11;;;/h3-8H,1-2H3;3-7H,1-2H3;2*1H;/q2*-1;;;+4/p-2. The van der Waals surface area contributed by atoms with Gasteiger partial charge >= 0.3 is 21.7 Å². The number of aryl methyl sites for hydroxylation is 2. The SMILES string of the molecule is CP(C)c1cc2ccccc2[cH-]1.Cc1ccc(C)c2[cH-]ccc12.[Cl-].[Cl-].[Ti+4]. The molecule has 0 saturated carbocycles. The fraction of sp³-hybridized carbons (Fsp3) is 0.182. The summed E-state index contributed by atoms with van der Waals surface area (Å²) < 4.78 is 0. The van der Waals surface area contributed by atoms with Gasteiger partial charge in [-0.25, -0.2) is 0 Å². The second kappa shape index (κ2) is 11.3. The van der Waals surface area contributed by atoms with Crippen LogP contribution < -0.4 is 30.1 Å². The summed E-state index contributed by atoms with van der Waals surface area (Å²) in [5.41, 5.74) is 2.74. The third-order valence-corrected chi connectivity index (χ3v) is 5.66. The Hall–Kier alpha value is -0.616. The minimum Gasteiger partial charge on any atom is -1.00 e. The van der Waals surface area contributed by atoms with Crippen molar-refractivity contribution in [3.05, 3.63) is 77.9 Å². The van der Waals surface area contributed by atoms with E-state index in [-0.39, 0.29) is 54.5 Å². The fourth-order valence-corrected chi connectivity index (χ4v) is 3.72. The van der Waals surface area contributed by atoms with E-state index in [4.69, 9.17) is 0 Å². The number of rotatable bonds is 1. The van der Waals surface area contributed by atoms with Gasteiger partial charge in [-0.2, -0.15) is 18.2 Å². The normalized spacial score (nSPS) is 9.73. The first-order valence-corrected chi connectivity index (χ1v) is 10.2. The third kappa shape index (κ3) is 5.69. The Bertz CT molecular complexity index is 869. The quantitative estimate of drug-likeness (QED) is 0.225. The number of hydrogen-bond acceptors (Lipinski definition) is 0. The molecule has 0 aliphatic heterocycles. The van der Waals surface area contributed by atoms with E-state index in [9.17, 15) is 0 Å². The number of halogens is 2. The second-order valence-electron chi connectivity index (χ2n) is 6.29. The summed E-state index contributed by atoms with van der Waals surface area (Å²) in [6.07, 6.45) is 0.